The Kier molecular flexibility index (Phi) is 4.14. The first kappa shape index (κ1) is 13.6. The molecule has 0 radical (unpaired) electrons. The van der Waals surface area contributed by atoms with Crippen molar-refractivity contribution in [1.82, 2.24) is 15.1 Å². The van der Waals surface area contributed by atoms with E-state index >= 15 is 0 Å². The first-order valence-corrected chi connectivity index (χ1v) is 6.85. The molecule has 0 aliphatic rings. The first-order chi connectivity index (χ1) is 10.3. The number of aliphatic hydroxyl groups is 1. The third kappa shape index (κ3) is 3.39. The fourth-order valence-corrected chi connectivity index (χ4v) is 2.10. The Morgan fingerprint density at radius 2 is 2.00 bits per heavy atom. The second kappa shape index (κ2) is 6.39. The van der Waals surface area contributed by atoms with Crippen molar-refractivity contribution in [3.63, 3.8) is 0 Å². The van der Waals surface area contributed by atoms with Crippen molar-refractivity contribution >= 4 is 0 Å². The van der Waals surface area contributed by atoms with E-state index < -0.39 is 6.10 Å². The second-order valence-corrected chi connectivity index (χ2v) is 4.75. The molecule has 108 valence electrons. The van der Waals surface area contributed by atoms with Gasteiger partial charge in [0, 0.05) is 19.3 Å². The van der Waals surface area contributed by atoms with Gasteiger partial charge < -0.3 is 14.8 Å². The quantitative estimate of drug-likeness (QED) is 0.728. The maximum Gasteiger partial charge on any atom is 0.133 e. The molecule has 3 rings (SSSR count). The van der Waals surface area contributed by atoms with Crippen molar-refractivity contribution < 1.29 is 9.52 Å². The van der Waals surface area contributed by atoms with Crippen LogP contribution in [0.1, 0.15) is 17.6 Å². The summed E-state index contributed by atoms with van der Waals surface area (Å²) in [7, 11) is 0. The molecule has 3 aromatic rings. The van der Waals surface area contributed by atoms with Gasteiger partial charge in [0.25, 0.3) is 0 Å². The predicted molar refractivity (Wildman–Crippen MR) is 78.9 cm³/mol. The third-order valence-electron chi connectivity index (χ3n) is 3.18. The molecule has 0 aliphatic heterocycles. The van der Waals surface area contributed by atoms with Gasteiger partial charge in [-0.15, -0.1) is 0 Å². The van der Waals surface area contributed by atoms with Crippen LogP contribution in [0.15, 0.2) is 65.4 Å². The maximum absolute atomic E-state index is 9.89. The molecular weight excluding hydrogens is 266 g/mol. The number of furan rings is 1. The SMILES string of the molecule is OC(CNCc1ccn(-c2ccccc2)n1)c1ccco1. The summed E-state index contributed by atoms with van der Waals surface area (Å²) in [5.41, 5.74) is 1.95. The Hall–Kier alpha value is -2.37. The number of rotatable bonds is 6. The smallest absolute Gasteiger partial charge is 0.133 e. The zero-order valence-corrected chi connectivity index (χ0v) is 11.5. The van der Waals surface area contributed by atoms with Gasteiger partial charge in [-0.25, -0.2) is 4.68 Å². The highest BCUT2D eigenvalue weighted by Crippen LogP contribution is 2.12. The molecule has 0 fully saturated rings. The number of nitrogens with zero attached hydrogens (tertiary/aromatic N) is 2. The standard InChI is InChI=1S/C16H17N3O2/c20-15(16-7-4-10-21-16)12-17-11-13-8-9-19(18-13)14-5-2-1-3-6-14/h1-10,15,17,20H,11-12H2. The van der Waals surface area contributed by atoms with E-state index in [0.717, 1.165) is 11.4 Å². The topological polar surface area (TPSA) is 63.2 Å². The van der Waals surface area contributed by atoms with Gasteiger partial charge in [0.2, 0.25) is 0 Å². The molecule has 1 aromatic carbocycles. The van der Waals surface area contributed by atoms with Crippen LogP contribution < -0.4 is 5.32 Å². The van der Waals surface area contributed by atoms with Crippen LogP contribution in [0.4, 0.5) is 0 Å². The summed E-state index contributed by atoms with van der Waals surface area (Å²) < 4.78 is 6.98. The molecule has 5 heteroatoms. The highest BCUT2D eigenvalue weighted by atomic mass is 16.4. The highest BCUT2D eigenvalue weighted by Gasteiger charge is 2.09. The molecule has 1 unspecified atom stereocenters. The van der Waals surface area contributed by atoms with Crippen LogP contribution in [-0.4, -0.2) is 21.4 Å². The average Bonchev–Trinajstić information content (AvgIpc) is 3.20. The molecule has 0 spiro atoms. The fraction of sp³-hybridized carbons (Fsp3) is 0.188. The largest absolute Gasteiger partial charge is 0.467 e. The van der Waals surface area contributed by atoms with E-state index in [0.29, 0.717) is 18.8 Å². The number of hydrogen-bond acceptors (Lipinski definition) is 4. The van der Waals surface area contributed by atoms with Crippen LogP contribution in [0.25, 0.3) is 5.69 Å². The minimum absolute atomic E-state index is 0.422. The lowest BCUT2D eigenvalue weighted by molar-refractivity contribution is 0.147. The van der Waals surface area contributed by atoms with E-state index in [-0.39, 0.29) is 0 Å². The lowest BCUT2D eigenvalue weighted by Gasteiger charge is -2.08. The van der Waals surface area contributed by atoms with E-state index in [1.165, 1.54) is 0 Å². The van der Waals surface area contributed by atoms with Crippen LogP contribution >= 0.6 is 0 Å². The Labute approximate surface area is 122 Å². The molecule has 1 atom stereocenters. The normalized spacial score (nSPS) is 12.4. The molecular formula is C16H17N3O2. The summed E-state index contributed by atoms with van der Waals surface area (Å²) in [6.07, 6.45) is 2.84. The summed E-state index contributed by atoms with van der Waals surface area (Å²) in [5, 5.41) is 17.5. The summed E-state index contributed by atoms with van der Waals surface area (Å²) in [6.45, 7) is 1.02. The van der Waals surface area contributed by atoms with Crippen molar-refractivity contribution in [3.8, 4) is 5.69 Å². The fourth-order valence-electron chi connectivity index (χ4n) is 2.10. The van der Waals surface area contributed by atoms with Gasteiger partial charge in [0.15, 0.2) is 0 Å². The minimum atomic E-state index is -0.642. The van der Waals surface area contributed by atoms with Crippen LogP contribution in [0.2, 0.25) is 0 Å². The van der Waals surface area contributed by atoms with Crippen LogP contribution in [0, 0.1) is 0 Å². The summed E-state index contributed by atoms with van der Waals surface area (Å²) in [5.74, 6) is 0.567. The number of aromatic nitrogens is 2. The maximum atomic E-state index is 9.89. The number of hydrogen-bond donors (Lipinski definition) is 2. The van der Waals surface area contributed by atoms with Crippen molar-refractivity contribution in [2.24, 2.45) is 0 Å². The van der Waals surface area contributed by atoms with E-state index in [9.17, 15) is 5.11 Å². The second-order valence-electron chi connectivity index (χ2n) is 4.75. The van der Waals surface area contributed by atoms with Gasteiger partial charge in [0.05, 0.1) is 17.6 Å². The first-order valence-electron chi connectivity index (χ1n) is 6.85. The Bertz CT molecular complexity index is 662. The zero-order chi connectivity index (χ0) is 14.5. The monoisotopic (exact) mass is 283 g/mol. The molecule has 5 nitrogen and oxygen atoms in total. The van der Waals surface area contributed by atoms with E-state index in [4.69, 9.17) is 4.42 Å². The molecule has 2 aromatic heterocycles. The average molecular weight is 283 g/mol. The highest BCUT2D eigenvalue weighted by molar-refractivity contribution is 5.30. The van der Waals surface area contributed by atoms with Crippen LogP contribution in [0.3, 0.4) is 0 Å². The molecule has 2 N–H and O–H groups in total. The molecule has 0 saturated carbocycles. The molecule has 2 heterocycles. The number of nitrogens with one attached hydrogen (secondary N) is 1. The van der Waals surface area contributed by atoms with E-state index in [2.05, 4.69) is 10.4 Å². The predicted octanol–water partition coefficient (Wildman–Crippen LogP) is 2.29. The number of para-hydroxylation sites is 1. The molecule has 0 bridgehead atoms. The minimum Gasteiger partial charge on any atom is -0.467 e. The van der Waals surface area contributed by atoms with Crippen molar-refractivity contribution in [2.75, 3.05) is 6.54 Å². The number of aliphatic hydroxyl groups excluding tert-OH is 1. The van der Waals surface area contributed by atoms with Gasteiger partial charge in [-0.3, -0.25) is 0 Å². The van der Waals surface area contributed by atoms with E-state index in [1.54, 1.807) is 18.4 Å². The van der Waals surface area contributed by atoms with Crippen molar-refractivity contribution in [2.45, 2.75) is 12.6 Å². The summed E-state index contributed by atoms with van der Waals surface area (Å²) in [6, 6.07) is 15.4. The van der Waals surface area contributed by atoms with Gasteiger partial charge in [-0.1, -0.05) is 18.2 Å². The lowest BCUT2D eigenvalue weighted by Crippen LogP contribution is -2.21. The molecule has 0 aliphatic carbocycles. The van der Waals surface area contributed by atoms with E-state index in [1.807, 2.05) is 47.3 Å². The van der Waals surface area contributed by atoms with Crippen LogP contribution in [0.5, 0.6) is 0 Å². The Morgan fingerprint density at radius 3 is 2.76 bits per heavy atom. The van der Waals surface area contributed by atoms with Gasteiger partial charge in [-0.2, -0.15) is 5.10 Å². The molecule has 21 heavy (non-hydrogen) atoms. The van der Waals surface area contributed by atoms with Crippen LogP contribution in [-0.2, 0) is 6.54 Å². The Morgan fingerprint density at radius 1 is 1.14 bits per heavy atom. The lowest BCUT2D eigenvalue weighted by atomic mass is 10.2. The van der Waals surface area contributed by atoms with Gasteiger partial charge in [-0.05, 0) is 30.3 Å². The zero-order valence-electron chi connectivity index (χ0n) is 11.5. The van der Waals surface area contributed by atoms with Gasteiger partial charge >= 0.3 is 0 Å². The molecule has 0 saturated heterocycles. The Balaban J connectivity index is 1.54. The molecule has 0 amide bonds. The van der Waals surface area contributed by atoms with Gasteiger partial charge in [0.1, 0.15) is 11.9 Å². The summed E-state index contributed by atoms with van der Waals surface area (Å²) in [4.78, 5) is 0. The van der Waals surface area contributed by atoms with Crippen molar-refractivity contribution in [1.29, 1.82) is 0 Å². The summed E-state index contributed by atoms with van der Waals surface area (Å²) >= 11 is 0. The number of benzene rings is 1. The third-order valence-corrected chi connectivity index (χ3v) is 3.18. The van der Waals surface area contributed by atoms with Crippen molar-refractivity contribution in [3.05, 3.63) is 72.4 Å².